The van der Waals surface area contributed by atoms with Gasteiger partial charge in [0.15, 0.2) is 5.78 Å². The van der Waals surface area contributed by atoms with Crippen LogP contribution in [0, 0.1) is 0 Å². The van der Waals surface area contributed by atoms with Crippen molar-refractivity contribution in [1.29, 1.82) is 0 Å². The number of carbonyl (C=O) groups is 1. The Bertz CT molecular complexity index is 1430. The average molecular weight is 504 g/mol. The van der Waals surface area contributed by atoms with Crippen molar-refractivity contribution in [2.24, 2.45) is 0 Å². The first-order chi connectivity index (χ1) is 16.5. The number of fused-ring (bicyclic) bond motifs is 1. The van der Waals surface area contributed by atoms with Crippen LogP contribution in [0.25, 0.3) is 22.2 Å². The van der Waals surface area contributed by atoms with Gasteiger partial charge in [-0.25, -0.2) is 18.4 Å². The van der Waals surface area contributed by atoms with Gasteiger partial charge in [-0.15, -0.1) is 0 Å². The molecule has 1 atom stereocenters. The lowest BCUT2D eigenvalue weighted by Gasteiger charge is -2.12. The summed E-state index contributed by atoms with van der Waals surface area (Å²) in [5.41, 5.74) is 1.03. The summed E-state index contributed by atoms with van der Waals surface area (Å²) in [5, 5.41) is 0.342. The predicted molar refractivity (Wildman–Crippen MR) is 122 cm³/mol. The predicted octanol–water partition coefficient (Wildman–Crippen LogP) is 4.78. The van der Waals surface area contributed by atoms with Gasteiger partial charge >= 0.3 is 6.18 Å². The number of hydrogen-bond acceptors (Lipinski definition) is 6. The van der Waals surface area contributed by atoms with E-state index in [4.69, 9.17) is 4.42 Å². The molecule has 0 unspecified atom stereocenters. The summed E-state index contributed by atoms with van der Waals surface area (Å²) in [6.07, 6.45) is -2.97. The van der Waals surface area contributed by atoms with Crippen LogP contribution < -0.4 is 4.72 Å². The molecule has 0 radical (unpaired) electrons. The summed E-state index contributed by atoms with van der Waals surface area (Å²) in [4.78, 5) is 20.8. The van der Waals surface area contributed by atoms with E-state index in [-0.39, 0.29) is 23.7 Å². The van der Waals surface area contributed by atoms with Gasteiger partial charge < -0.3 is 4.42 Å². The molecule has 0 spiro atoms. The molecule has 0 aliphatic carbocycles. The number of ketones is 1. The summed E-state index contributed by atoms with van der Waals surface area (Å²) in [6.45, 7) is 1.44. The maximum Gasteiger partial charge on any atom is 0.416 e. The highest BCUT2D eigenvalue weighted by Crippen LogP contribution is 2.30. The van der Waals surface area contributed by atoms with E-state index in [1.54, 1.807) is 30.3 Å². The van der Waals surface area contributed by atoms with Crippen LogP contribution in [-0.2, 0) is 27.4 Å². The molecule has 2 aromatic heterocycles. The molecule has 0 fully saturated rings. The Balaban J connectivity index is 1.39. The maximum atomic E-state index is 12.8. The lowest BCUT2D eigenvalue weighted by molar-refractivity contribution is -0.137. The van der Waals surface area contributed by atoms with Crippen LogP contribution in [0.3, 0.4) is 0 Å². The van der Waals surface area contributed by atoms with Crippen molar-refractivity contribution in [3.63, 3.8) is 0 Å². The Morgan fingerprint density at radius 1 is 1.06 bits per heavy atom. The molecule has 0 saturated heterocycles. The SMILES string of the molecule is C[C@H](NS(=O)(=O)c1cc2ccccc2o1)C(=O)CCc1cc(-c2ccc(C(F)(F)F)cc2)ncn1. The highest BCUT2D eigenvalue weighted by atomic mass is 32.2. The minimum Gasteiger partial charge on any atom is -0.443 e. The second kappa shape index (κ2) is 9.59. The van der Waals surface area contributed by atoms with E-state index in [0.29, 0.717) is 27.9 Å². The monoisotopic (exact) mass is 503 g/mol. The highest BCUT2D eigenvalue weighted by molar-refractivity contribution is 7.89. The van der Waals surface area contributed by atoms with Crippen molar-refractivity contribution in [3.8, 4) is 11.3 Å². The van der Waals surface area contributed by atoms with Crippen LogP contribution in [0.5, 0.6) is 0 Å². The number of alkyl halides is 3. The smallest absolute Gasteiger partial charge is 0.416 e. The Labute approximate surface area is 199 Å². The summed E-state index contributed by atoms with van der Waals surface area (Å²) in [7, 11) is -4.05. The van der Waals surface area contributed by atoms with Crippen LogP contribution >= 0.6 is 0 Å². The molecule has 182 valence electrons. The Morgan fingerprint density at radius 3 is 2.46 bits per heavy atom. The number of para-hydroxylation sites is 1. The molecule has 7 nitrogen and oxygen atoms in total. The topological polar surface area (TPSA) is 102 Å². The van der Waals surface area contributed by atoms with Gasteiger partial charge in [0.2, 0.25) is 5.09 Å². The van der Waals surface area contributed by atoms with Crippen molar-refractivity contribution in [2.45, 2.75) is 37.1 Å². The zero-order valence-electron chi connectivity index (χ0n) is 18.4. The maximum absolute atomic E-state index is 12.8. The largest absolute Gasteiger partial charge is 0.443 e. The Kier molecular flexibility index (Phi) is 6.73. The summed E-state index contributed by atoms with van der Waals surface area (Å²) < 4.78 is 71.3. The van der Waals surface area contributed by atoms with Crippen molar-refractivity contribution in [1.82, 2.24) is 14.7 Å². The summed E-state index contributed by atoms with van der Waals surface area (Å²) >= 11 is 0. The van der Waals surface area contributed by atoms with Crippen molar-refractivity contribution in [2.75, 3.05) is 0 Å². The normalized spacial score (nSPS) is 13.1. The van der Waals surface area contributed by atoms with Gasteiger partial charge in [-0.05, 0) is 37.6 Å². The molecule has 4 aromatic rings. The van der Waals surface area contributed by atoms with E-state index in [1.807, 2.05) is 0 Å². The number of rotatable bonds is 8. The zero-order valence-corrected chi connectivity index (χ0v) is 19.2. The molecule has 2 aromatic carbocycles. The minimum absolute atomic E-state index is 0.00666. The number of nitrogens with one attached hydrogen (secondary N) is 1. The van der Waals surface area contributed by atoms with E-state index >= 15 is 0 Å². The van der Waals surface area contributed by atoms with Crippen LogP contribution in [0.4, 0.5) is 13.2 Å². The Hall–Kier alpha value is -3.57. The molecular formula is C24H20F3N3O4S. The van der Waals surface area contributed by atoms with Gasteiger partial charge in [0.1, 0.15) is 11.9 Å². The van der Waals surface area contributed by atoms with E-state index in [2.05, 4.69) is 14.7 Å². The van der Waals surface area contributed by atoms with Gasteiger partial charge in [0.25, 0.3) is 10.0 Å². The quantitative estimate of drug-likeness (QED) is 0.371. The zero-order chi connectivity index (χ0) is 25.2. The minimum atomic E-state index is -4.43. The first-order valence-corrected chi connectivity index (χ1v) is 12.0. The van der Waals surface area contributed by atoms with Crippen LogP contribution in [0.15, 0.2) is 76.5 Å². The number of halogens is 3. The van der Waals surface area contributed by atoms with Gasteiger partial charge in [-0.1, -0.05) is 30.3 Å². The second-order valence-electron chi connectivity index (χ2n) is 7.88. The molecule has 0 saturated carbocycles. The number of sulfonamides is 1. The number of aromatic nitrogens is 2. The highest BCUT2D eigenvalue weighted by Gasteiger charge is 2.30. The molecule has 0 aliphatic heterocycles. The fourth-order valence-corrected chi connectivity index (χ4v) is 4.63. The number of Topliss-reactive ketones (excluding diaryl/α,β-unsaturated/α-hetero) is 1. The number of nitrogens with zero attached hydrogens (tertiary/aromatic N) is 2. The van der Waals surface area contributed by atoms with E-state index in [0.717, 1.165) is 12.1 Å². The number of hydrogen-bond donors (Lipinski definition) is 1. The van der Waals surface area contributed by atoms with E-state index in [9.17, 15) is 26.4 Å². The molecule has 11 heteroatoms. The van der Waals surface area contributed by atoms with E-state index in [1.165, 1.54) is 31.5 Å². The van der Waals surface area contributed by atoms with Crippen LogP contribution in [0.2, 0.25) is 0 Å². The molecule has 35 heavy (non-hydrogen) atoms. The standard InChI is InChI=1S/C24H20F3N3O4S/c1-15(30-35(32,33)23-12-17-4-2-3-5-22(17)34-23)21(31)11-10-19-13-20(29-14-28-19)16-6-8-18(9-7-16)24(25,26)27/h2-9,12-15,30H,10-11H2,1H3/t15-/m0/s1. The number of carbonyl (C=O) groups excluding carboxylic acids is 1. The fourth-order valence-electron chi connectivity index (χ4n) is 3.44. The van der Waals surface area contributed by atoms with Crippen LogP contribution in [-0.4, -0.2) is 30.2 Å². The molecule has 4 rings (SSSR count). The van der Waals surface area contributed by atoms with Gasteiger partial charge in [-0.3, -0.25) is 4.79 Å². The lowest BCUT2D eigenvalue weighted by atomic mass is 10.1. The molecule has 1 N–H and O–H groups in total. The first kappa shape index (κ1) is 24.6. The number of aryl methyl sites for hydroxylation is 1. The van der Waals surface area contributed by atoms with E-state index < -0.39 is 27.8 Å². The third-order valence-corrected chi connectivity index (χ3v) is 6.74. The molecule has 0 amide bonds. The molecular weight excluding hydrogens is 483 g/mol. The third kappa shape index (κ3) is 5.75. The van der Waals surface area contributed by atoms with Crippen molar-refractivity contribution in [3.05, 3.63) is 78.2 Å². The second-order valence-corrected chi connectivity index (χ2v) is 9.53. The Morgan fingerprint density at radius 2 is 1.77 bits per heavy atom. The first-order valence-electron chi connectivity index (χ1n) is 10.5. The summed E-state index contributed by atoms with van der Waals surface area (Å²) in [5.74, 6) is -0.362. The molecule has 0 bridgehead atoms. The third-order valence-electron chi connectivity index (χ3n) is 5.34. The van der Waals surface area contributed by atoms with Gasteiger partial charge in [0, 0.05) is 29.1 Å². The molecule has 0 aliphatic rings. The van der Waals surface area contributed by atoms with Gasteiger partial charge in [-0.2, -0.15) is 17.9 Å². The lowest BCUT2D eigenvalue weighted by Crippen LogP contribution is -2.38. The van der Waals surface area contributed by atoms with Gasteiger partial charge in [0.05, 0.1) is 17.3 Å². The van der Waals surface area contributed by atoms with Crippen molar-refractivity contribution >= 4 is 26.8 Å². The van der Waals surface area contributed by atoms with Crippen molar-refractivity contribution < 1.29 is 30.8 Å². The molecule has 2 heterocycles. The average Bonchev–Trinajstić information content (AvgIpc) is 3.27. The van der Waals surface area contributed by atoms with Crippen LogP contribution in [0.1, 0.15) is 24.6 Å². The fraction of sp³-hybridized carbons (Fsp3) is 0.208. The summed E-state index contributed by atoms with van der Waals surface area (Å²) in [6, 6.07) is 13.4. The number of furan rings is 1. The number of benzene rings is 2.